The Labute approximate surface area is 49.0 Å². The van der Waals surface area contributed by atoms with Gasteiger partial charge < -0.3 is 9.94 Å². The highest BCUT2D eigenvalue weighted by Gasteiger charge is 1.91. The lowest BCUT2D eigenvalue weighted by atomic mass is 10.3. The molecule has 0 atom stereocenters. The van der Waals surface area contributed by atoms with E-state index in [1.165, 1.54) is 0 Å². The maximum absolute atomic E-state index is 8.17. The van der Waals surface area contributed by atoms with Gasteiger partial charge in [-0.1, -0.05) is 12.1 Å². The summed E-state index contributed by atoms with van der Waals surface area (Å²) >= 11 is 0. The quantitative estimate of drug-likeness (QED) is 0.338. The van der Waals surface area contributed by atoms with Crippen molar-refractivity contribution in [1.29, 1.82) is 0 Å². The topological polar surface area (TPSA) is 41.8 Å². The number of nitrogens with zero attached hydrogens (tertiary/aromatic N) is 1. The molecule has 0 spiro atoms. The van der Waals surface area contributed by atoms with Gasteiger partial charge in [-0.2, -0.15) is 0 Å². The molecule has 0 bridgehead atoms. The van der Waals surface area contributed by atoms with Crippen molar-refractivity contribution in [2.24, 2.45) is 5.16 Å². The molecule has 0 heterocycles. The smallest absolute Gasteiger partial charge is 0.0877 e. The Bertz CT molecular complexity index is 80.5. The van der Waals surface area contributed by atoms with Gasteiger partial charge in [0.2, 0.25) is 0 Å². The molecule has 0 fully saturated rings. The number of rotatable bonds is 3. The predicted octanol–water partition coefficient (Wildman–Crippen LogP) is 0.873. The minimum absolute atomic E-state index is 0.424. The molecule has 0 radical (unpaired) electrons. The van der Waals surface area contributed by atoms with Crippen LogP contribution in [0.15, 0.2) is 5.16 Å². The van der Waals surface area contributed by atoms with E-state index in [9.17, 15) is 0 Å². The molecule has 48 valence electrons. The molecule has 0 aromatic rings. The first-order chi connectivity index (χ1) is 3.85. The average Bonchev–Trinajstić information content (AvgIpc) is 1.83. The van der Waals surface area contributed by atoms with Crippen LogP contribution in [0.2, 0.25) is 0 Å². The zero-order valence-corrected chi connectivity index (χ0v) is 5.22. The van der Waals surface area contributed by atoms with Crippen molar-refractivity contribution in [3.05, 3.63) is 0 Å². The fourth-order valence-electron chi connectivity index (χ4n) is 0.368. The van der Waals surface area contributed by atoms with Crippen molar-refractivity contribution in [2.45, 2.75) is 13.3 Å². The molecule has 3 nitrogen and oxygen atoms in total. The summed E-state index contributed by atoms with van der Waals surface area (Å²) in [7, 11) is 1.57. The number of oxime groups is 1. The fraction of sp³-hybridized carbons (Fsp3) is 0.800. The lowest BCUT2D eigenvalue weighted by Gasteiger charge is -1.95. The summed E-state index contributed by atoms with van der Waals surface area (Å²) in [6.45, 7) is 2.33. The third kappa shape index (κ3) is 2.58. The summed E-state index contributed by atoms with van der Waals surface area (Å²) in [6.07, 6.45) is 0.740. The van der Waals surface area contributed by atoms with Gasteiger partial charge in [0.15, 0.2) is 0 Å². The van der Waals surface area contributed by atoms with E-state index in [-0.39, 0.29) is 0 Å². The second-order valence-corrected chi connectivity index (χ2v) is 1.45. The van der Waals surface area contributed by atoms with Crippen molar-refractivity contribution in [1.82, 2.24) is 0 Å². The first-order valence-corrected chi connectivity index (χ1v) is 2.53. The van der Waals surface area contributed by atoms with Gasteiger partial charge in [-0.05, 0) is 6.42 Å². The van der Waals surface area contributed by atoms with Crippen LogP contribution < -0.4 is 0 Å². The van der Waals surface area contributed by atoms with E-state index in [1.54, 1.807) is 7.11 Å². The zero-order chi connectivity index (χ0) is 6.41. The fourth-order valence-corrected chi connectivity index (χ4v) is 0.368. The summed E-state index contributed by atoms with van der Waals surface area (Å²) in [4.78, 5) is 0. The molecule has 3 heteroatoms. The molecule has 1 N–H and O–H groups in total. The minimum Gasteiger partial charge on any atom is -0.411 e. The summed E-state index contributed by atoms with van der Waals surface area (Å²) < 4.78 is 4.69. The van der Waals surface area contributed by atoms with Crippen molar-refractivity contribution in [3.8, 4) is 0 Å². The lowest BCUT2D eigenvalue weighted by molar-refractivity contribution is 0.235. The van der Waals surface area contributed by atoms with Gasteiger partial charge in [-0.15, -0.1) is 0 Å². The highest BCUT2D eigenvalue weighted by Crippen LogP contribution is 1.83. The Balaban J connectivity index is 3.38. The number of hydrogen-bond donors (Lipinski definition) is 1. The van der Waals surface area contributed by atoms with E-state index in [0.29, 0.717) is 12.3 Å². The van der Waals surface area contributed by atoms with E-state index in [4.69, 9.17) is 9.94 Å². The van der Waals surface area contributed by atoms with Crippen LogP contribution in [0.1, 0.15) is 13.3 Å². The standard InChI is InChI=1S/C5H11NO2/c1-3-5(6-7)4-8-2/h7H,3-4H2,1-2H3. The molecular formula is C5H11NO2. The Kier molecular flexibility index (Phi) is 4.26. The summed E-state index contributed by atoms with van der Waals surface area (Å²) in [5.74, 6) is 0. The van der Waals surface area contributed by atoms with E-state index < -0.39 is 0 Å². The van der Waals surface area contributed by atoms with Crippen LogP contribution in [0, 0.1) is 0 Å². The van der Waals surface area contributed by atoms with E-state index in [1.807, 2.05) is 6.92 Å². The molecule has 0 aromatic carbocycles. The lowest BCUT2D eigenvalue weighted by Crippen LogP contribution is -2.04. The molecule has 0 saturated heterocycles. The van der Waals surface area contributed by atoms with Gasteiger partial charge in [0.1, 0.15) is 0 Å². The minimum atomic E-state index is 0.424. The van der Waals surface area contributed by atoms with Crippen molar-refractivity contribution >= 4 is 5.71 Å². The number of methoxy groups -OCH3 is 1. The highest BCUT2D eigenvalue weighted by atomic mass is 16.5. The van der Waals surface area contributed by atoms with Gasteiger partial charge in [0.25, 0.3) is 0 Å². The van der Waals surface area contributed by atoms with Crippen LogP contribution in [0.5, 0.6) is 0 Å². The molecule has 0 aromatic heterocycles. The maximum atomic E-state index is 8.17. The summed E-state index contributed by atoms with van der Waals surface area (Å²) in [5.41, 5.74) is 0.674. The molecule has 0 aliphatic carbocycles. The van der Waals surface area contributed by atoms with Gasteiger partial charge >= 0.3 is 0 Å². The van der Waals surface area contributed by atoms with E-state index in [0.717, 1.165) is 6.42 Å². The van der Waals surface area contributed by atoms with Crippen LogP contribution in [0.4, 0.5) is 0 Å². The third-order valence-corrected chi connectivity index (χ3v) is 0.860. The zero-order valence-electron chi connectivity index (χ0n) is 5.22. The molecule has 0 saturated carbocycles. The normalized spacial score (nSPS) is 12.0. The third-order valence-electron chi connectivity index (χ3n) is 0.860. The molecule has 0 unspecified atom stereocenters. The van der Waals surface area contributed by atoms with Crippen LogP contribution in [0.25, 0.3) is 0 Å². The summed E-state index contributed by atoms with van der Waals surface area (Å²) in [6, 6.07) is 0. The number of ether oxygens (including phenoxy) is 1. The Morgan fingerprint density at radius 2 is 2.38 bits per heavy atom. The van der Waals surface area contributed by atoms with Crippen LogP contribution >= 0.6 is 0 Å². The molecule has 0 amide bonds. The van der Waals surface area contributed by atoms with E-state index in [2.05, 4.69) is 5.16 Å². The first kappa shape index (κ1) is 7.43. The monoisotopic (exact) mass is 117 g/mol. The Morgan fingerprint density at radius 3 is 2.50 bits per heavy atom. The van der Waals surface area contributed by atoms with Crippen molar-refractivity contribution < 1.29 is 9.94 Å². The van der Waals surface area contributed by atoms with Crippen LogP contribution in [0.3, 0.4) is 0 Å². The summed E-state index contributed by atoms with van der Waals surface area (Å²) in [5, 5.41) is 11.2. The maximum Gasteiger partial charge on any atom is 0.0877 e. The van der Waals surface area contributed by atoms with Gasteiger partial charge in [0, 0.05) is 7.11 Å². The van der Waals surface area contributed by atoms with Crippen LogP contribution in [-0.2, 0) is 4.74 Å². The van der Waals surface area contributed by atoms with Gasteiger partial charge in [-0.25, -0.2) is 0 Å². The average molecular weight is 117 g/mol. The number of hydrogen-bond acceptors (Lipinski definition) is 3. The SMILES string of the molecule is CCC(COC)=NO. The van der Waals surface area contributed by atoms with E-state index >= 15 is 0 Å². The Morgan fingerprint density at radius 1 is 1.75 bits per heavy atom. The highest BCUT2D eigenvalue weighted by molar-refractivity contribution is 5.84. The second kappa shape index (κ2) is 4.59. The molecule has 0 rings (SSSR count). The van der Waals surface area contributed by atoms with Crippen molar-refractivity contribution in [2.75, 3.05) is 13.7 Å². The molecular weight excluding hydrogens is 106 g/mol. The predicted molar refractivity (Wildman–Crippen MR) is 31.4 cm³/mol. The second-order valence-electron chi connectivity index (χ2n) is 1.45. The first-order valence-electron chi connectivity index (χ1n) is 2.53. The van der Waals surface area contributed by atoms with Crippen molar-refractivity contribution in [3.63, 3.8) is 0 Å². The molecule has 0 aliphatic heterocycles. The Hall–Kier alpha value is -0.570. The van der Waals surface area contributed by atoms with Gasteiger partial charge in [-0.3, -0.25) is 0 Å². The molecule has 8 heavy (non-hydrogen) atoms. The molecule has 0 aliphatic rings. The van der Waals surface area contributed by atoms with Gasteiger partial charge in [0.05, 0.1) is 12.3 Å². The largest absolute Gasteiger partial charge is 0.411 e. The van der Waals surface area contributed by atoms with Crippen LogP contribution in [-0.4, -0.2) is 24.6 Å².